The van der Waals surface area contributed by atoms with E-state index >= 15 is 0 Å². The van der Waals surface area contributed by atoms with Gasteiger partial charge in [0.15, 0.2) is 0 Å². The number of fused-ring (bicyclic) bond motifs is 2. The highest BCUT2D eigenvalue weighted by Crippen LogP contribution is 2.61. The second-order valence-electron chi connectivity index (χ2n) is 6.86. The lowest BCUT2D eigenvalue weighted by molar-refractivity contribution is -0.123. The fraction of sp³-hybridized carbons (Fsp3) is 0.611. The van der Waals surface area contributed by atoms with Gasteiger partial charge in [-0.2, -0.15) is 0 Å². The Hall–Kier alpha value is -1.35. The fourth-order valence-corrected chi connectivity index (χ4v) is 4.32. The number of rotatable bonds is 4. The van der Waals surface area contributed by atoms with E-state index in [2.05, 4.69) is 29.6 Å². The van der Waals surface area contributed by atoms with Crippen molar-refractivity contribution in [3.05, 3.63) is 35.4 Å². The van der Waals surface area contributed by atoms with Crippen molar-refractivity contribution in [2.75, 3.05) is 13.2 Å². The summed E-state index contributed by atoms with van der Waals surface area (Å²) in [5.74, 6) is 0.796. The SMILES string of the molecule is O=C(C[C@@H]1CCCO1)NC[C@@H]1C[C@]12CCc1ccccc12. The van der Waals surface area contributed by atoms with Crippen LogP contribution in [0.15, 0.2) is 24.3 Å². The predicted molar refractivity (Wildman–Crippen MR) is 81.1 cm³/mol. The lowest BCUT2D eigenvalue weighted by Crippen LogP contribution is -2.30. The zero-order valence-corrected chi connectivity index (χ0v) is 12.4. The summed E-state index contributed by atoms with van der Waals surface area (Å²) in [5, 5.41) is 3.13. The van der Waals surface area contributed by atoms with E-state index in [1.165, 1.54) is 24.8 Å². The van der Waals surface area contributed by atoms with Gasteiger partial charge in [0.1, 0.15) is 0 Å². The summed E-state index contributed by atoms with van der Waals surface area (Å²) >= 11 is 0. The van der Waals surface area contributed by atoms with Crippen LogP contribution in [0.2, 0.25) is 0 Å². The van der Waals surface area contributed by atoms with Crippen molar-refractivity contribution in [2.24, 2.45) is 5.92 Å². The average Bonchev–Trinajstić information content (AvgIpc) is 2.83. The highest BCUT2D eigenvalue weighted by Gasteiger charge is 2.57. The second-order valence-corrected chi connectivity index (χ2v) is 6.86. The molecule has 0 aromatic heterocycles. The molecule has 21 heavy (non-hydrogen) atoms. The van der Waals surface area contributed by atoms with Gasteiger partial charge in [-0.05, 0) is 49.1 Å². The molecule has 1 heterocycles. The largest absolute Gasteiger partial charge is 0.378 e. The van der Waals surface area contributed by atoms with Crippen LogP contribution in [-0.2, 0) is 21.4 Å². The van der Waals surface area contributed by atoms with Crippen molar-refractivity contribution in [2.45, 2.75) is 50.0 Å². The molecule has 1 N–H and O–H groups in total. The number of hydrogen-bond acceptors (Lipinski definition) is 2. The summed E-state index contributed by atoms with van der Waals surface area (Å²) in [5.41, 5.74) is 3.45. The van der Waals surface area contributed by atoms with Crippen LogP contribution in [-0.4, -0.2) is 25.2 Å². The third-order valence-electron chi connectivity index (χ3n) is 5.61. The topological polar surface area (TPSA) is 38.3 Å². The molecule has 1 aromatic carbocycles. The summed E-state index contributed by atoms with van der Waals surface area (Å²) in [7, 11) is 0. The molecule has 3 nitrogen and oxygen atoms in total. The molecule has 2 fully saturated rings. The molecule has 1 saturated carbocycles. The average molecular weight is 285 g/mol. The Bertz CT molecular complexity index is 550. The van der Waals surface area contributed by atoms with Crippen molar-refractivity contribution in [3.8, 4) is 0 Å². The van der Waals surface area contributed by atoms with Crippen LogP contribution in [0.3, 0.4) is 0 Å². The van der Waals surface area contributed by atoms with E-state index in [1.807, 2.05) is 0 Å². The molecular weight excluding hydrogens is 262 g/mol. The number of hydrogen-bond donors (Lipinski definition) is 1. The first-order valence-corrected chi connectivity index (χ1v) is 8.25. The van der Waals surface area contributed by atoms with E-state index in [1.54, 1.807) is 5.56 Å². The van der Waals surface area contributed by atoms with Crippen molar-refractivity contribution in [1.29, 1.82) is 0 Å². The van der Waals surface area contributed by atoms with Gasteiger partial charge >= 0.3 is 0 Å². The molecule has 1 aliphatic heterocycles. The minimum absolute atomic E-state index is 0.158. The first-order valence-electron chi connectivity index (χ1n) is 8.25. The molecule has 3 atom stereocenters. The van der Waals surface area contributed by atoms with Crippen LogP contribution in [0.5, 0.6) is 0 Å². The quantitative estimate of drug-likeness (QED) is 0.923. The molecule has 0 unspecified atom stereocenters. The van der Waals surface area contributed by atoms with Crippen molar-refractivity contribution >= 4 is 5.91 Å². The van der Waals surface area contributed by atoms with E-state index in [0.29, 0.717) is 17.8 Å². The van der Waals surface area contributed by atoms with Gasteiger partial charge < -0.3 is 10.1 Å². The number of ether oxygens (including phenoxy) is 1. The highest BCUT2D eigenvalue weighted by molar-refractivity contribution is 5.76. The summed E-state index contributed by atoms with van der Waals surface area (Å²) < 4.78 is 5.52. The predicted octanol–water partition coefficient (Wildman–Crippen LogP) is 2.58. The Labute approximate surface area is 126 Å². The van der Waals surface area contributed by atoms with Gasteiger partial charge in [0.2, 0.25) is 5.91 Å². The zero-order chi connectivity index (χ0) is 14.3. The summed E-state index contributed by atoms with van der Waals surface area (Å²) in [4.78, 5) is 12.0. The Balaban J connectivity index is 1.31. The van der Waals surface area contributed by atoms with Crippen molar-refractivity contribution in [3.63, 3.8) is 0 Å². The van der Waals surface area contributed by atoms with Gasteiger partial charge in [0.25, 0.3) is 0 Å². The Morgan fingerprint density at radius 2 is 2.29 bits per heavy atom. The lowest BCUT2D eigenvalue weighted by atomic mass is 9.95. The van der Waals surface area contributed by atoms with Gasteiger partial charge in [0.05, 0.1) is 12.5 Å². The standard InChI is InChI=1S/C18H23NO2/c20-17(10-15-5-3-9-21-15)19-12-14-11-18(14)8-7-13-4-1-2-6-16(13)18/h1-2,4,6,14-15H,3,5,7-12H2,(H,19,20)/t14-,15-,18+/m0/s1. The van der Waals surface area contributed by atoms with Gasteiger partial charge in [-0.3, -0.25) is 4.79 Å². The third kappa shape index (κ3) is 2.38. The Morgan fingerprint density at radius 1 is 1.38 bits per heavy atom. The van der Waals surface area contributed by atoms with Crippen LogP contribution in [0.25, 0.3) is 0 Å². The zero-order valence-electron chi connectivity index (χ0n) is 12.4. The Morgan fingerprint density at radius 3 is 3.14 bits per heavy atom. The highest BCUT2D eigenvalue weighted by atomic mass is 16.5. The van der Waals surface area contributed by atoms with Crippen molar-refractivity contribution in [1.82, 2.24) is 5.32 Å². The smallest absolute Gasteiger partial charge is 0.222 e. The first-order chi connectivity index (χ1) is 10.3. The number of benzene rings is 1. The summed E-state index contributed by atoms with van der Waals surface area (Å²) in [6.07, 6.45) is 6.54. The maximum atomic E-state index is 12.0. The number of amides is 1. The van der Waals surface area contributed by atoms with E-state index in [9.17, 15) is 4.79 Å². The molecule has 3 aliphatic rings. The van der Waals surface area contributed by atoms with E-state index in [4.69, 9.17) is 4.74 Å². The van der Waals surface area contributed by atoms with E-state index < -0.39 is 0 Å². The number of aryl methyl sites for hydroxylation is 1. The molecular formula is C18H23NO2. The number of carbonyl (C=O) groups excluding carboxylic acids is 1. The Kier molecular flexibility index (Phi) is 3.26. The molecule has 112 valence electrons. The first kappa shape index (κ1) is 13.3. The minimum atomic E-state index is 0.158. The van der Waals surface area contributed by atoms with Crippen molar-refractivity contribution < 1.29 is 9.53 Å². The monoisotopic (exact) mass is 285 g/mol. The number of nitrogens with one attached hydrogen (secondary N) is 1. The molecule has 1 spiro atoms. The van der Waals surface area contributed by atoms with Gasteiger partial charge in [-0.1, -0.05) is 24.3 Å². The number of carbonyl (C=O) groups is 1. The third-order valence-corrected chi connectivity index (χ3v) is 5.61. The van der Waals surface area contributed by atoms with E-state index in [-0.39, 0.29) is 12.0 Å². The molecule has 1 amide bonds. The van der Waals surface area contributed by atoms with Crippen LogP contribution < -0.4 is 5.32 Å². The van der Waals surface area contributed by atoms with E-state index in [0.717, 1.165) is 26.0 Å². The molecule has 0 radical (unpaired) electrons. The summed E-state index contributed by atoms with van der Waals surface area (Å²) in [6.45, 7) is 1.65. The van der Waals surface area contributed by atoms with Gasteiger partial charge in [-0.15, -0.1) is 0 Å². The van der Waals surface area contributed by atoms with Crippen LogP contribution in [0.4, 0.5) is 0 Å². The summed E-state index contributed by atoms with van der Waals surface area (Å²) in [6, 6.07) is 8.84. The molecule has 3 heteroatoms. The fourth-order valence-electron chi connectivity index (χ4n) is 4.32. The van der Waals surface area contributed by atoms with Crippen LogP contribution in [0, 0.1) is 5.92 Å². The van der Waals surface area contributed by atoms with Gasteiger partial charge in [-0.25, -0.2) is 0 Å². The minimum Gasteiger partial charge on any atom is -0.378 e. The van der Waals surface area contributed by atoms with Gasteiger partial charge in [0, 0.05) is 18.6 Å². The maximum Gasteiger partial charge on any atom is 0.222 e. The molecule has 1 aromatic rings. The normalized spacial score (nSPS) is 33.1. The van der Waals surface area contributed by atoms with Crippen LogP contribution >= 0.6 is 0 Å². The molecule has 2 aliphatic carbocycles. The molecule has 1 saturated heterocycles. The van der Waals surface area contributed by atoms with Crippen LogP contribution in [0.1, 0.15) is 43.2 Å². The second kappa shape index (κ2) is 5.13. The molecule has 4 rings (SSSR count). The molecule has 0 bridgehead atoms. The lowest BCUT2D eigenvalue weighted by Gasteiger charge is -2.13. The maximum absolute atomic E-state index is 12.0.